The summed E-state index contributed by atoms with van der Waals surface area (Å²) in [6.45, 7) is 6.32. The van der Waals surface area contributed by atoms with Crippen molar-refractivity contribution in [1.82, 2.24) is 0 Å². The lowest BCUT2D eigenvalue weighted by Crippen LogP contribution is -2.38. The van der Waals surface area contributed by atoms with Gasteiger partial charge in [0.1, 0.15) is 5.78 Å². The van der Waals surface area contributed by atoms with Crippen LogP contribution in [-0.4, -0.2) is 10.5 Å². The fourth-order valence-corrected chi connectivity index (χ4v) is 1.97. The highest BCUT2D eigenvalue weighted by molar-refractivity contribution is 7.81. The van der Waals surface area contributed by atoms with Gasteiger partial charge in [-0.15, -0.1) is 0 Å². The quantitative estimate of drug-likeness (QED) is 0.623. The van der Waals surface area contributed by atoms with E-state index >= 15 is 0 Å². The van der Waals surface area contributed by atoms with Crippen molar-refractivity contribution in [2.24, 2.45) is 11.8 Å². The molecule has 0 aromatic heterocycles. The van der Waals surface area contributed by atoms with Crippen molar-refractivity contribution in [2.75, 3.05) is 0 Å². The lowest BCUT2D eigenvalue weighted by atomic mass is 9.76. The molecule has 1 rings (SSSR count). The van der Waals surface area contributed by atoms with Crippen LogP contribution < -0.4 is 0 Å². The molecule has 0 spiro atoms. The lowest BCUT2D eigenvalue weighted by Gasteiger charge is -2.37. The molecule has 2 heteroatoms. The van der Waals surface area contributed by atoms with Gasteiger partial charge >= 0.3 is 0 Å². The summed E-state index contributed by atoms with van der Waals surface area (Å²) in [6.07, 6.45) is 2.76. The number of carbonyl (C=O) groups excluding carboxylic acids is 1. The van der Waals surface area contributed by atoms with E-state index in [4.69, 9.17) is 0 Å². The Hall–Kier alpha value is 0.0200. The van der Waals surface area contributed by atoms with Gasteiger partial charge in [0.05, 0.1) is 0 Å². The standard InChI is InChI=1S/C10H18OS/c1-7(2)10(12)5-4-8(3)9(11)6-10/h7-8,12H,4-6H2,1-3H3/t8?,10-/m1/s1. The molecule has 0 aromatic rings. The van der Waals surface area contributed by atoms with Crippen LogP contribution in [0.15, 0.2) is 0 Å². The first kappa shape index (κ1) is 10.1. The smallest absolute Gasteiger partial charge is 0.137 e. The SMILES string of the molecule is CC1CC[C@](S)(C(C)C)CC1=O. The molecule has 1 unspecified atom stereocenters. The highest BCUT2D eigenvalue weighted by Gasteiger charge is 2.37. The van der Waals surface area contributed by atoms with Crippen LogP contribution in [0.5, 0.6) is 0 Å². The number of carbonyl (C=O) groups is 1. The molecule has 1 fully saturated rings. The Bertz CT molecular complexity index is 188. The molecule has 1 saturated carbocycles. The molecule has 0 heterocycles. The van der Waals surface area contributed by atoms with E-state index in [-0.39, 0.29) is 10.7 Å². The van der Waals surface area contributed by atoms with Crippen LogP contribution in [0.4, 0.5) is 0 Å². The summed E-state index contributed by atoms with van der Waals surface area (Å²) in [5, 5.41) is 0. The van der Waals surface area contributed by atoms with E-state index in [1.807, 2.05) is 6.92 Å². The molecule has 0 radical (unpaired) electrons. The summed E-state index contributed by atoms with van der Waals surface area (Å²) >= 11 is 4.62. The van der Waals surface area contributed by atoms with Gasteiger partial charge in [-0.25, -0.2) is 0 Å². The Morgan fingerprint density at radius 2 is 2.17 bits per heavy atom. The second-order valence-corrected chi connectivity index (χ2v) is 5.23. The third kappa shape index (κ3) is 1.85. The highest BCUT2D eigenvalue weighted by atomic mass is 32.1. The van der Waals surface area contributed by atoms with Gasteiger partial charge in [-0.2, -0.15) is 12.6 Å². The van der Waals surface area contributed by atoms with Gasteiger partial charge in [0.15, 0.2) is 0 Å². The summed E-state index contributed by atoms with van der Waals surface area (Å²) in [6, 6.07) is 0. The van der Waals surface area contributed by atoms with Crippen molar-refractivity contribution >= 4 is 18.4 Å². The second-order valence-electron chi connectivity index (χ2n) is 4.34. The highest BCUT2D eigenvalue weighted by Crippen LogP contribution is 2.39. The molecule has 0 bridgehead atoms. The molecule has 0 aliphatic heterocycles. The van der Waals surface area contributed by atoms with Gasteiger partial charge in [-0.1, -0.05) is 20.8 Å². The molecular formula is C10H18OS. The predicted molar refractivity (Wildman–Crippen MR) is 54.6 cm³/mol. The molecular weight excluding hydrogens is 168 g/mol. The molecule has 0 N–H and O–H groups in total. The number of ketones is 1. The van der Waals surface area contributed by atoms with Gasteiger partial charge in [0.25, 0.3) is 0 Å². The Balaban J connectivity index is 2.67. The summed E-state index contributed by atoms with van der Waals surface area (Å²) in [4.78, 5) is 11.5. The van der Waals surface area contributed by atoms with E-state index in [2.05, 4.69) is 26.5 Å². The number of rotatable bonds is 1. The van der Waals surface area contributed by atoms with E-state index in [1.165, 1.54) is 0 Å². The minimum absolute atomic E-state index is 0.0242. The third-order valence-electron chi connectivity index (χ3n) is 3.11. The van der Waals surface area contributed by atoms with Crippen molar-refractivity contribution in [3.05, 3.63) is 0 Å². The van der Waals surface area contributed by atoms with Gasteiger partial charge in [0.2, 0.25) is 0 Å². The van der Waals surface area contributed by atoms with Crippen LogP contribution in [-0.2, 0) is 4.79 Å². The summed E-state index contributed by atoms with van der Waals surface area (Å²) in [7, 11) is 0. The van der Waals surface area contributed by atoms with Gasteiger partial charge in [0, 0.05) is 17.1 Å². The first-order valence-corrected chi connectivity index (χ1v) is 5.15. The average molecular weight is 186 g/mol. The van der Waals surface area contributed by atoms with E-state index in [0.717, 1.165) is 12.8 Å². The molecule has 12 heavy (non-hydrogen) atoms. The molecule has 0 aromatic carbocycles. The van der Waals surface area contributed by atoms with Crippen LogP contribution >= 0.6 is 12.6 Å². The van der Waals surface area contributed by atoms with Crippen LogP contribution in [0.1, 0.15) is 40.0 Å². The monoisotopic (exact) mass is 186 g/mol. The maximum Gasteiger partial charge on any atom is 0.137 e. The van der Waals surface area contributed by atoms with Gasteiger partial charge < -0.3 is 0 Å². The Morgan fingerprint density at radius 1 is 1.58 bits per heavy atom. The first-order chi connectivity index (χ1) is 5.46. The Morgan fingerprint density at radius 3 is 2.58 bits per heavy atom. The first-order valence-electron chi connectivity index (χ1n) is 4.71. The van der Waals surface area contributed by atoms with Gasteiger partial charge in [-0.3, -0.25) is 4.79 Å². The molecule has 1 aliphatic carbocycles. The zero-order valence-electron chi connectivity index (χ0n) is 8.13. The van der Waals surface area contributed by atoms with Crippen molar-refractivity contribution in [3.63, 3.8) is 0 Å². The largest absolute Gasteiger partial charge is 0.299 e. The topological polar surface area (TPSA) is 17.1 Å². The Kier molecular flexibility index (Phi) is 2.87. The van der Waals surface area contributed by atoms with Crippen molar-refractivity contribution in [3.8, 4) is 0 Å². The summed E-state index contributed by atoms with van der Waals surface area (Å²) in [5.41, 5.74) is 0. The number of thiol groups is 1. The molecule has 2 atom stereocenters. The van der Waals surface area contributed by atoms with Crippen LogP contribution in [0.25, 0.3) is 0 Å². The second kappa shape index (κ2) is 3.41. The molecule has 1 aliphatic rings. The molecule has 0 saturated heterocycles. The maximum atomic E-state index is 11.5. The van der Waals surface area contributed by atoms with E-state index in [0.29, 0.717) is 18.1 Å². The zero-order valence-corrected chi connectivity index (χ0v) is 9.03. The normalized spacial score (nSPS) is 37.4. The van der Waals surface area contributed by atoms with Gasteiger partial charge in [-0.05, 0) is 18.8 Å². The van der Waals surface area contributed by atoms with E-state index in [9.17, 15) is 4.79 Å². The van der Waals surface area contributed by atoms with Crippen LogP contribution in [0.3, 0.4) is 0 Å². The van der Waals surface area contributed by atoms with Crippen molar-refractivity contribution in [1.29, 1.82) is 0 Å². The summed E-state index contributed by atoms with van der Waals surface area (Å²) < 4.78 is -0.0242. The fraction of sp³-hybridized carbons (Fsp3) is 0.900. The summed E-state index contributed by atoms with van der Waals surface area (Å²) in [5.74, 6) is 1.16. The van der Waals surface area contributed by atoms with E-state index < -0.39 is 0 Å². The fourth-order valence-electron chi connectivity index (χ4n) is 1.68. The molecule has 1 nitrogen and oxygen atoms in total. The lowest BCUT2D eigenvalue weighted by molar-refractivity contribution is -0.125. The Labute approximate surface area is 80.3 Å². The predicted octanol–water partition coefficient (Wildman–Crippen LogP) is 2.70. The average Bonchev–Trinajstić information content (AvgIpc) is 1.97. The minimum atomic E-state index is -0.0242. The number of hydrogen-bond acceptors (Lipinski definition) is 2. The molecule has 70 valence electrons. The minimum Gasteiger partial charge on any atom is -0.299 e. The van der Waals surface area contributed by atoms with Crippen molar-refractivity contribution in [2.45, 2.75) is 44.8 Å². The van der Waals surface area contributed by atoms with Crippen LogP contribution in [0.2, 0.25) is 0 Å². The molecule has 0 amide bonds. The zero-order chi connectivity index (χ0) is 9.35. The van der Waals surface area contributed by atoms with Crippen molar-refractivity contribution < 1.29 is 4.79 Å². The number of hydrogen-bond donors (Lipinski definition) is 1. The maximum absolute atomic E-state index is 11.5. The van der Waals surface area contributed by atoms with Crippen LogP contribution in [0, 0.1) is 11.8 Å². The third-order valence-corrected chi connectivity index (χ3v) is 4.01. The number of Topliss-reactive ketones (excluding diaryl/α,β-unsaturated/α-hetero) is 1. The van der Waals surface area contributed by atoms with E-state index in [1.54, 1.807) is 0 Å².